The van der Waals surface area contributed by atoms with Crippen molar-refractivity contribution in [2.24, 2.45) is 5.73 Å². The first-order valence-electron chi connectivity index (χ1n) is 8.39. The molecule has 0 spiro atoms. The maximum Gasteiger partial charge on any atom is 0.222 e. The van der Waals surface area contributed by atoms with Crippen LogP contribution in [0.5, 0.6) is 0 Å². The second kappa shape index (κ2) is 10.6. The van der Waals surface area contributed by atoms with E-state index in [1.54, 1.807) is 0 Å². The molecule has 4 nitrogen and oxygen atoms in total. The van der Waals surface area contributed by atoms with Crippen molar-refractivity contribution in [2.45, 2.75) is 51.2 Å². The molecule has 0 bridgehead atoms. The third-order valence-electron chi connectivity index (χ3n) is 4.13. The summed E-state index contributed by atoms with van der Waals surface area (Å²) in [6.07, 6.45) is 4.94. The molecule has 2 atom stereocenters. The number of hydrogen-bond acceptors (Lipinski definition) is 3. The number of halogens is 1. The lowest BCUT2D eigenvalue weighted by Crippen LogP contribution is -2.45. The van der Waals surface area contributed by atoms with Crippen LogP contribution in [0.4, 0.5) is 0 Å². The monoisotopic (exact) mass is 340 g/mol. The minimum atomic E-state index is -0.00820. The SMILES string of the molecule is CC1CN(C(=O)CCCCCCN)CC(c2ccccc2)O1.Cl. The van der Waals surface area contributed by atoms with Crippen molar-refractivity contribution in [3.8, 4) is 0 Å². The molecule has 1 fully saturated rings. The zero-order valence-electron chi connectivity index (χ0n) is 13.9. The number of morpholine rings is 1. The van der Waals surface area contributed by atoms with Crippen molar-refractivity contribution >= 4 is 18.3 Å². The fraction of sp³-hybridized carbons (Fsp3) is 0.611. The number of rotatable bonds is 7. The Morgan fingerprint density at radius 3 is 2.57 bits per heavy atom. The van der Waals surface area contributed by atoms with E-state index in [1.807, 2.05) is 30.0 Å². The highest BCUT2D eigenvalue weighted by Gasteiger charge is 2.28. The van der Waals surface area contributed by atoms with Crippen molar-refractivity contribution in [3.63, 3.8) is 0 Å². The summed E-state index contributed by atoms with van der Waals surface area (Å²) in [4.78, 5) is 14.4. The quantitative estimate of drug-likeness (QED) is 0.775. The number of amides is 1. The van der Waals surface area contributed by atoms with E-state index >= 15 is 0 Å². The van der Waals surface area contributed by atoms with Crippen LogP contribution in [-0.2, 0) is 9.53 Å². The molecular weight excluding hydrogens is 312 g/mol. The maximum absolute atomic E-state index is 12.4. The molecule has 2 unspecified atom stereocenters. The molecule has 0 aliphatic carbocycles. The van der Waals surface area contributed by atoms with E-state index in [2.05, 4.69) is 12.1 Å². The summed E-state index contributed by atoms with van der Waals surface area (Å²) < 4.78 is 6.00. The molecule has 0 aromatic heterocycles. The molecule has 1 aliphatic rings. The number of benzene rings is 1. The zero-order chi connectivity index (χ0) is 15.8. The predicted octanol–water partition coefficient (Wildman–Crippen LogP) is 3.31. The molecule has 1 aliphatic heterocycles. The number of nitrogens with two attached hydrogens (primary N) is 1. The summed E-state index contributed by atoms with van der Waals surface area (Å²) >= 11 is 0. The van der Waals surface area contributed by atoms with E-state index < -0.39 is 0 Å². The van der Waals surface area contributed by atoms with Gasteiger partial charge in [-0.1, -0.05) is 43.2 Å². The average molecular weight is 341 g/mol. The van der Waals surface area contributed by atoms with E-state index in [1.165, 1.54) is 0 Å². The van der Waals surface area contributed by atoms with Crippen LogP contribution < -0.4 is 5.73 Å². The third kappa shape index (κ3) is 6.50. The van der Waals surface area contributed by atoms with Gasteiger partial charge in [-0.3, -0.25) is 4.79 Å². The van der Waals surface area contributed by atoms with Crippen LogP contribution in [-0.4, -0.2) is 36.5 Å². The normalized spacial score (nSPS) is 20.9. The van der Waals surface area contributed by atoms with Crippen LogP contribution in [0.1, 0.15) is 50.7 Å². The van der Waals surface area contributed by atoms with Gasteiger partial charge in [0.2, 0.25) is 5.91 Å². The van der Waals surface area contributed by atoms with Crippen molar-refractivity contribution in [1.29, 1.82) is 0 Å². The van der Waals surface area contributed by atoms with E-state index in [0.29, 0.717) is 19.5 Å². The second-order valence-corrected chi connectivity index (χ2v) is 6.10. The number of unbranched alkanes of at least 4 members (excludes halogenated alkanes) is 3. The molecule has 1 aromatic carbocycles. The van der Waals surface area contributed by atoms with Crippen molar-refractivity contribution in [1.82, 2.24) is 4.90 Å². The highest BCUT2D eigenvalue weighted by molar-refractivity contribution is 5.85. The molecular formula is C18H29ClN2O2. The van der Waals surface area contributed by atoms with Crippen LogP contribution in [0.15, 0.2) is 30.3 Å². The molecule has 0 radical (unpaired) electrons. The lowest BCUT2D eigenvalue weighted by atomic mass is 10.1. The van der Waals surface area contributed by atoms with Gasteiger partial charge in [0, 0.05) is 13.0 Å². The van der Waals surface area contributed by atoms with Gasteiger partial charge >= 0.3 is 0 Å². The standard InChI is InChI=1S/C18H28N2O2.ClH/c1-15-13-20(18(21)11-7-2-3-8-12-19)14-17(22-15)16-9-5-4-6-10-16;/h4-6,9-10,15,17H,2-3,7-8,11-14,19H2,1H3;1H. The van der Waals surface area contributed by atoms with E-state index in [4.69, 9.17) is 10.5 Å². The number of carbonyl (C=O) groups is 1. The number of carbonyl (C=O) groups excluding carboxylic acids is 1. The largest absolute Gasteiger partial charge is 0.367 e. The molecule has 2 rings (SSSR count). The van der Waals surface area contributed by atoms with Gasteiger partial charge in [0.1, 0.15) is 6.10 Å². The molecule has 0 saturated carbocycles. The third-order valence-corrected chi connectivity index (χ3v) is 4.13. The molecule has 1 aromatic rings. The Balaban J connectivity index is 0.00000264. The lowest BCUT2D eigenvalue weighted by molar-refractivity contribution is -0.145. The average Bonchev–Trinajstić information content (AvgIpc) is 2.54. The summed E-state index contributed by atoms with van der Waals surface area (Å²) in [6.45, 7) is 4.14. The maximum atomic E-state index is 12.4. The second-order valence-electron chi connectivity index (χ2n) is 6.10. The highest BCUT2D eigenvalue weighted by atomic mass is 35.5. The first-order chi connectivity index (χ1) is 10.7. The van der Waals surface area contributed by atoms with Crippen LogP contribution in [0, 0.1) is 0 Å². The summed E-state index contributed by atoms with van der Waals surface area (Å²) in [5.41, 5.74) is 6.63. The van der Waals surface area contributed by atoms with Gasteiger partial charge in [-0.25, -0.2) is 0 Å². The number of nitrogens with zero attached hydrogens (tertiary/aromatic N) is 1. The fourth-order valence-corrected chi connectivity index (χ4v) is 2.94. The Bertz CT molecular complexity index is 456. The number of ether oxygens (including phenoxy) is 1. The van der Waals surface area contributed by atoms with Crippen molar-refractivity contribution in [2.75, 3.05) is 19.6 Å². The molecule has 1 heterocycles. The van der Waals surface area contributed by atoms with E-state index in [-0.39, 0.29) is 30.5 Å². The Labute approximate surface area is 145 Å². The molecule has 1 saturated heterocycles. The van der Waals surface area contributed by atoms with Gasteiger partial charge in [-0.05, 0) is 31.9 Å². The first-order valence-corrected chi connectivity index (χ1v) is 8.39. The molecule has 1 amide bonds. The number of hydrogen-bond donors (Lipinski definition) is 1. The minimum Gasteiger partial charge on any atom is -0.367 e. The summed E-state index contributed by atoms with van der Waals surface area (Å²) in [5.74, 6) is 0.254. The zero-order valence-corrected chi connectivity index (χ0v) is 14.8. The van der Waals surface area contributed by atoms with Gasteiger partial charge in [0.15, 0.2) is 0 Å². The van der Waals surface area contributed by atoms with E-state index in [9.17, 15) is 4.79 Å². The van der Waals surface area contributed by atoms with Gasteiger partial charge in [-0.15, -0.1) is 12.4 Å². The van der Waals surface area contributed by atoms with Gasteiger partial charge in [0.25, 0.3) is 0 Å². The van der Waals surface area contributed by atoms with Crippen LogP contribution in [0.2, 0.25) is 0 Å². The molecule has 23 heavy (non-hydrogen) atoms. The Kier molecular flexibility index (Phi) is 9.22. The van der Waals surface area contributed by atoms with Crippen molar-refractivity contribution in [3.05, 3.63) is 35.9 Å². The van der Waals surface area contributed by atoms with Gasteiger partial charge in [-0.2, -0.15) is 0 Å². The van der Waals surface area contributed by atoms with Crippen LogP contribution in [0.3, 0.4) is 0 Å². The topological polar surface area (TPSA) is 55.6 Å². The summed E-state index contributed by atoms with van der Waals surface area (Å²) in [7, 11) is 0. The molecule has 130 valence electrons. The smallest absolute Gasteiger partial charge is 0.222 e. The predicted molar refractivity (Wildman–Crippen MR) is 95.7 cm³/mol. The molecule has 5 heteroatoms. The van der Waals surface area contributed by atoms with Crippen molar-refractivity contribution < 1.29 is 9.53 Å². The summed E-state index contributed by atoms with van der Waals surface area (Å²) in [5, 5.41) is 0. The Morgan fingerprint density at radius 1 is 1.17 bits per heavy atom. The first kappa shape index (κ1) is 19.9. The molecule has 2 N–H and O–H groups in total. The van der Waals surface area contributed by atoms with Crippen LogP contribution in [0.25, 0.3) is 0 Å². The van der Waals surface area contributed by atoms with E-state index in [0.717, 1.165) is 37.8 Å². The highest BCUT2D eigenvalue weighted by Crippen LogP contribution is 2.25. The summed E-state index contributed by atoms with van der Waals surface area (Å²) in [6, 6.07) is 10.2. The fourth-order valence-electron chi connectivity index (χ4n) is 2.94. The minimum absolute atomic E-state index is 0. The Hall–Kier alpha value is -1.10. The van der Waals surface area contributed by atoms with Gasteiger partial charge in [0.05, 0.1) is 12.6 Å². The lowest BCUT2D eigenvalue weighted by Gasteiger charge is -2.37. The van der Waals surface area contributed by atoms with Crippen LogP contribution >= 0.6 is 12.4 Å². The Morgan fingerprint density at radius 2 is 1.87 bits per heavy atom. The van der Waals surface area contributed by atoms with Gasteiger partial charge < -0.3 is 15.4 Å².